The summed E-state index contributed by atoms with van der Waals surface area (Å²) in [6, 6.07) is 2.27. The molecule has 1 aliphatic rings. The molecular formula is C15H14F5N5O3. The van der Waals surface area contributed by atoms with Gasteiger partial charge in [-0.15, -0.1) is 0 Å². The normalized spacial score (nSPS) is 13.9. The van der Waals surface area contributed by atoms with Crippen molar-refractivity contribution in [3.63, 3.8) is 0 Å². The maximum absolute atomic E-state index is 13.7. The quantitative estimate of drug-likeness (QED) is 0.455. The Morgan fingerprint density at radius 3 is 2.39 bits per heavy atom. The third-order valence-corrected chi connectivity index (χ3v) is 3.59. The number of carbonyl (C=O) groups is 2. The Hall–Kier alpha value is -3.22. The van der Waals surface area contributed by atoms with Crippen molar-refractivity contribution in [3.8, 4) is 0 Å². The van der Waals surface area contributed by atoms with E-state index < -0.39 is 35.3 Å². The fourth-order valence-electron chi connectivity index (χ4n) is 2.05. The van der Waals surface area contributed by atoms with Crippen molar-refractivity contribution in [2.45, 2.75) is 12.2 Å². The molecule has 2 heterocycles. The highest BCUT2D eigenvalue weighted by Gasteiger charge is 2.38. The van der Waals surface area contributed by atoms with E-state index in [0.29, 0.717) is 5.69 Å². The minimum atomic E-state index is -5.08. The van der Waals surface area contributed by atoms with Crippen LogP contribution in [0.1, 0.15) is 16.4 Å². The van der Waals surface area contributed by atoms with Gasteiger partial charge in [0, 0.05) is 25.0 Å². The summed E-state index contributed by atoms with van der Waals surface area (Å²) in [5.74, 6) is -5.95. The maximum atomic E-state index is 13.7. The number of aliphatic carboxylic acids is 1. The Kier molecular flexibility index (Phi) is 6.18. The monoisotopic (exact) mass is 407 g/mol. The van der Waals surface area contributed by atoms with Crippen LogP contribution in [0, 0.1) is 11.6 Å². The van der Waals surface area contributed by atoms with Crippen molar-refractivity contribution in [2.75, 3.05) is 24.1 Å². The van der Waals surface area contributed by atoms with Crippen LogP contribution in [0.5, 0.6) is 0 Å². The number of anilines is 2. The van der Waals surface area contributed by atoms with Crippen LogP contribution in [0.4, 0.5) is 33.3 Å². The molecule has 3 rings (SSSR count). The van der Waals surface area contributed by atoms with Crippen LogP contribution in [0.15, 0.2) is 24.5 Å². The summed E-state index contributed by atoms with van der Waals surface area (Å²) in [4.78, 5) is 20.9. The molecule has 0 unspecified atom stereocenters. The van der Waals surface area contributed by atoms with Gasteiger partial charge in [-0.2, -0.15) is 18.3 Å². The number of rotatable bonds is 3. The van der Waals surface area contributed by atoms with Gasteiger partial charge in [0.15, 0.2) is 11.6 Å². The first-order chi connectivity index (χ1) is 13.0. The van der Waals surface area contributed by atoms with Crippen LogP contribution < -0.4 is 16.4 Å². The average molecular weight is 407 g/mol. The average Bonchev–Trinajstić information content (AvgIpc) is 2.97. The van der Waals surface area contributed by atoms with Crippen LogP contribution in [-0.2, 0) is 4.79 Å². The molecule has 1 aromatic carbocycles. The van der Waals surface area contributed by atoms with Gasteiger partial charge in [-0.3, -0.25) is 9.48 Å². The Labute approximate surface area is 154 Å². The number of benzene rings is 1. The number of nitrogens with zero attached hydrogens (tertiary/aromatic N) is 2. The zero-order chi connectivity index (χ0) is 21.1. The van der Waals surface area contributed by atoms with E-state index in [1.165, 1.54) is 6.20 Å². The minimum absolute atomic E-state index is 0.123. The molecule has 1 fully saturated rings. The summed E-state index contributed by atoms with van der Waals surface area (Å²) in [6.45, 7) is 1.61. The third kappa shape index (κ3) is 4.94. The molecule has 1 aromatic heterocycles. The number of carboxylic acids is 1. The number of halogens is 5. The number of nitrogen functional groups attached to an aromatic ring is 1. The van der Waals surface area contributed by atoms with E-state index in [0.717, 1.165) is 25.2 Å². The number of alkyl halides is 3. The Balaban J connectivity index is 0.000000345. The highest BCUT2D eigenvalue weighted by atomic mass is 19.4. The van der Waals surface area contributed by atoms with Gasteiger partial charge in [-0.1, -0.05) is 0 Å². The van der Waals surface area contributed by atoms with E-state index >= 15 is 0 Å². The molecule has 0 spiro atoms. The lowest BCUT2D eigenvalue weighted by Gasteiger charge is -2.27. The Morgan fingerprint density at radius 2 is 1.89 bits per heavy atom. The standard InChI is InChI=1S/C13H13F2N5O.C2HF3O2/c14-9-1-2-10(16)11(12(9)15)13(21)19-7-3-18-20(6-7)8-4-17-5-8;3-2(4,5)1(6)7/h1-3,6,8,17H,4-5,16H2,(H,19,21);(H,6,7). The number of carbonyl (C=O) groups excluding carboxylic acids is 1. The fraction of sp³-hybridized carbons (Fsp3) is 0.267. The summed E-state index contributed by atoms with van der Waals surface area (Å²) in [5.41, 5.74) is 5.30. The fourth-order valence-corrected chi connectivity index (χ4v) is 2.05. The van der Waals surface area contributed by atoms with E-state index in [1.54, 1.807) is 10.9 Å². The van der Waals surface area contributed by atoms with Gasteiger partial charge in [0.05, 0.1) is 17.9 Å². The zero-order valence-corrected chi connectivity index (χ0v) is 13.9. The molecule has 8 nitrogen and oxygen atoms in total. The molecule has 0 atom stereocenters. The summed E-state index contributed by atoms with van der Waals surface area (Å²) in [5, 5.41) is 16.8. The minimum Gasteiger partial charge on any atom is -0.475 e. The van der Waals surface area contributed by atoms with E-state index in [-0.39, 0.29) is 11.7 Å². The van der Waals surface area contributed by atoms with Gasteiger partial charge >= 0.3 is 12.1 Å². The van der Waals surface area contributed by atoms with Gasteiger partial charge in [-0.05, 0) is 12.1 Å². The molecule has 0 bridgehead atoms. The van der Waals surface area contributed by atoms with E-state index in [4.69, 9.17) is 15.6 Å². The lowest BCUT2D eigenvalue weighted by molar-refractivity contribution is -0.192. The largest absolute Gasteiger partial charge is 0.490 e. The first-order valence-corrected chi connectivity index (χ1v) is 7.60. The van der Waals surface area contributed by atoms with E-state index in [1.807, 2.05) is 0 Å². The van der Waals surface area contributed by atoms with Crippen LogP contribution in [0.3, 0.4) is 0 Å². The van der Waals surface area contributed by atoms with Crippen molar-refractivity contribution in [2.24, 2.45) is 0 Å². The summed E-state index contributed by atoms with van der Waals surface area (Å²) >= 11 is 0. The topological polar surface area (TPSA) is 122 Å². The molecule has 13 heteroatoms. The molecule has 28 heavy (non-hydrogen) atoms. The van der Waals surface area contributed by atoms with Gasteiger partial charge in [-0.25, -0.2) is 13.6 Å². The highest BCUT2D eigenvalue weighted by molar-refractivity contribution is 6.07. The molecule has 152 valence electrons. The van der Waals surface area contributed by atoms with Crippen LogP contribution in [-0.4, -0.2) is 46.0 Å². The van der Waals surface area contributed by atoms with Crippen molar-refractivity contribution in [1.29, 1.82) is 0 Å². The summed E-state index contributed by atoms with van der Waals surface area (Å²) < 4.78 is 60.3. The summed E-state index contributed by atoms with van der Waals surface area (Å²) in [6.07, 6.45) is -2.00. The molecule has 0 aliphatic carbocycles. The second kappa shape index (κ2) is 8.21. The molecule has 1 aliphatic heterocycles. The molecule has 0 radical (unpaired) electrons. The molecule has 5 N–H and O–H groups in total. The molecule has 1 amide bonds. The highest BCUT2D eigenvalue weighted by Crippen LogP contribution is 2.21. The number of nitrogens with two attached hydrogens (primary N) is 1. The van der Waals surface area contributed by atoms with Gasteiger partial charge in [0.25, 0.3) is 5.91 Å². The second-order valence-electron chi connectivity index (χ2n) is 5.60. The van der Waals surface area contributed by atoms with Crippen molar-refractivity contribution >= 4 is 23.3 Å². The van der Waals surface area contributed by atoms with E-state index in [9.17, 15) is 26.7 Å². The SMILES string of the molecule is Nc1ccc(F)c(F)c1C(=O)Nc1cnn(C2CNC2)c1.O=C(O)C(F)(F)F. The first kappa shape index (κ1) is 21.1. The van der Waals surface area contributed by atoms with Crippen molar-refractivity contribution < 1.29 is 36.6 Å². The third-order valence-electron chi connectivity index (χ3n) is 3.59. The van der Waals surface area contributed by atoms with Crippen LogP contribution in [0.25, 0.3) is 0 Å². The number of carboxylic acid groups (broad SMARTS) is 1. The number of aromatic nitrogens is 2. The molecule has 0 saturated carbocycles. The summed E-state index contributed by atoms with van der Waals surface area (Å²) in [7, 11) is 0. The number of hydrogen-bond donors (Lipinski definition) is 4. The second-order valence-corrected chi connectivity index (χ2v) is 5.60. The van der Waals surface area contributed by atoms with Crippen molar-refractivity contribution in [1.82, 2.24) is 15.1 Å². The number of amides is 1. The van der Waals surface area contributed by atoms with Gasteiger partial charge in [0.2, 0.25) is 0 Å². The lowest BCUT2D eigenvalue weighted by atomic mass is 10.1. The molecule has 2 aromatic rings. The predicted octanol–water partition coefficient (Wildman–Crippen LogP) is 1.77. The Bertz CT molecular complexity index is 879. The Morgan fingerprint density at radius 1 is 1.29 bits per heavy atom. The first-order valence-electron chi connectivity index (χ1n) is 7.60. The van der Waals surface area contributed by atoms with Crippen molar-refractivity contribution in [3.05, 3.63) is 41.7 Å². The zero-order valence-electron chi connectivity index (χ0n) is 13.9. The van der Waals surface area contributed by atoms with Crippen LogP contribution in [0.2, 0.25) is 0 Å². The van der Waals surface area contributed by atoms with E-state index in [2.05, 4.69) is 15.7 Å². The van der Waals surface area contributed by atoms with Crippen LogP contribution >= 0.6 is 0 Å². The van der Waals surface area contributed by atoms with Gasteiger partial charge in [0.1, 0.15) is 5.56 Å². The number of hydrogen-bond acceptors (Lipinski definition) is 5. The molecule has 1 saturated heterocycles. The molecular weight excluding hydrogens is 393 g/mol. The smallest absolute Gasteiger partial charge is 0.475 e. The predicted molar refractivity (Wildman–Crippen MR) is 86.5 cm³/mol. The maximum Gasteiger partial charge on any atom is 0.490 e. The number of nitrogens with one attached hydrogen (secondary N) is 2. The lowest BCUT2D eigenvalue weighted by Crippen LogP contribution is -2.43. The van der Waals surface area contributed by atoms with Gasteiger partial charge < -0.3 is 21.5 Å².